The van der Waals surface area contributed by atoms with Crippen molar-refractivity contribution in [2.24, 2.45) is 0 Å². The Bertz CT molecular complexity index is 652. The molecule has 0 N–H and O–H groups in total. The van der Waals surface area contributed by atoms with Crippen molar-refractivity contribution in [2.75, 3.05) is 0 Å². The van der Waals surface area contributed by atoms with Crippen LogP contribution in [0, 0.1) is 0 Å². The fourth-order valence-electron chi connectivity index (χ4n) is 3.40. The highest BCUT2D eigenvalue weighted by Crippen LogP contribution is 2.37. The number of hydrogen-bond acceptors (Lipinski definition) is 1. The molecule has 2 heteroatoms. The van der Waals surface area contributed by atoms with E-state index < -0.39 is 0 Å². The van der Waals surface area contributed by atoms with Crippen LogP contribution in [0.1, 0.15) is 31.7 Å². The van der Waals surface area contributed by atoms with Crippen LogP contribution in [0.25, 0.3) is 21.8 Å². The minimum absolute atomic E-state index is 0.664. The van der Waals surface area contributed by atoms with Gasteiger partial charge in [-0.15, -0.1) is 0 Å². The summed E-state index contributed by atoms with van der Waals surface area (Å²) < 4.78 is 2.52. The molecule has 90 valence electrons. The van der Waals surface area contributed by atoms with Crippen molar-refractivity contribution in [1.82, 2.24) is 9.55 Å². The number of nitrogens with zero attached hydrogens (tertiary/aromatic N) is 2. The van der Waals surface area contributed by atoms with Crippen molar-refractivity contribution in [3.63, 3.8) is 0 Å². The Hall–Kier alpha value is -1.83. The molecule has 0 unspecified atom stereocenters. The van der Waals surface area contributed by atoms with Crippen molar-refractivity contribution in [1.29, 1.82) is 0 Å². The van der Waals surface area contributed by atoms with E-state index >= 15 is 0 Å². The van der Waals surface area contributed by atoms with E-state index in [0.29, 0.717) is 6.04 Å². The number of benzene rings is 1. The summed E-state index contributed by atoms with van der Waals surface area (Å²) in [4.78, 5) is 4.32. The van der Waals surface area contributed by atoms with Crippen LogP contribution in [-0.2, 0) is 0 Å². The number of fused-ring (bicyclic) bond motifs is 3. The Morgan fingerprint density at radius 1 is 0.944 bits per heavy atom. The number of aromatic nitrogens is 2. The van der Waals surface area contributed by atoms with Gasteiger partial charge in [-0.2, -0.15) is 0 Å². The molecule has 1 saturated carbocycles. The molecule has 2 nitrogen and oxygen atoms in total. The number of hydrogen-bond donors (Lipinski definition) is 0. The summed E-state index contributed by atoms with van der Waals surface area (Å²) in [5.41, 5.74) is 2.66. The zero-order chi connectivity index (χ0) is 11.9. The van der Waals surface area contributed by atoms with Crippen LogP contribution < -0.4 is 0 Å². The van der Waals surface area contributed by atoms with Gasteiger partial charge in [0.05, 0.1) is 11.7 Å². The molecule has 1 aromatic carbocycles. The lowest BCUT2D eigenvalue weighted by atomic mass is 10.2. The molecule has 0 bridgehead atoms. The van der Waals surface area contributed by atoms with Gasteiger partial charge in [0.2, 0.25) is 0 Å². The molecular weight excluding hydrogens is 220 g/mol. The lowest BCUT2D eigenvalue weighted by molar-refractivity contribution is 0.550. The van der Waals surface area contributed by atoms with E-state index in [1.165, 1.54) is 47.5 Å². The second kappa shape index (κ2) is 3.84. The highest BCUT2D eigenvalue weighted by molar-refractivity contribution is 6.07. The standard InChI is InChI=1S/C16H16N2/c1-2-6-12(5-1)18-15-8-4-3-7-13(15)14-9-10-17-11-16(14)18/h3-4,7-12H,1-2,5-6H2. The van der Waals surface area contributed by atoms with E-state index in [1.807, 2.05) is 12.4 Å². The Morgan fingerprint density at radius 2 is 1.72 bits per heavy atom. The van der Waals surface area contributed by atoms with Crippen LogP contribution in [0.3, 0.4) is 0 Å². The Balaban J connectivity index is 2.13. The molecule has 2 aromatic heterocycles. The largest absolute Gasteiger partial charge is 0.336 e. The van der Waals surface area contributed by atoms with Crippen molar-refractivity contribution < 1.29 is 0 Å². The maximum absolute atomic E-state index is 4.32. The summed E-state index contributed by atoms with van der Waals surface area (Å²) in [7, 11) is 0. The van der Waals surface area contributed by atoms with Gasteiger partial charge in [0.15, 0.2) is 0 Å². The van der Waals surface area contributed by atoms with Crippen LogP contribution in [0.15, 0.2) is 42.7 Å². The summed E-state index contributed by atoms with van der Waals surface area (Å²) in [6, 6.07) is 11.5. The third kappa shape index (κ3) is 1.32. The molecule has 0 amide bonds. The van der Waals surface area contributed by atoms with Gasteiger partial charge in [-0.3, -0.25) is 4.98 Å². The van der Waals surface area contributed by atoms with Gasteiger partial charge in [-0.1, -0.05) is 31.0 Å². The Morgan fingerprint density at radius 3 is 2.61 bits per heavy atom. The van der Waals surface area contributed by atoms with Gasteiger partial charge < -0.3 is 4.57 Å². The molecule has 1 fully saturated rings. The molecular formula is C16H16N2. The molecule has 18 heavy (non-hydrogen) atoms. The summed E-state index contributed by atoms with van der Waals surface area (Å²) >= 11 is 0. The van der Waals surface area contributed by atoms with Gasteiger partial charge in [-0.25, -0.2) is 0 Å². The summed E-state index contributed by atoms with van der Waals surface area (Å²) in [5.74, 6) is 0. The molecule has 1 aliphatic rings. The minimum Gasteiger partial charge on any atom is -0.336 e. The van der Waals surface area contributed by atoms with Crippen molar-refractivity contribution in [3.8, 4) is 0 Å². The second-order valence-corrected chi connectivity index (χ2v) is 5.22. The molecule has 1 aliphatic carbocycles. The monoisotopic (exact) mass is 236 g/mol. The van der Waals surface area contributed by atoms with E-state index in [4.69, 9.17) is 0 Å². The molecule has 0 saturated heterocycles. The van der Waals surface area contributed by atoms with Gasteiger partial charge in [0.1, 0.15) is 0 Å². The fourth-order valence-corrected chi connectivity index (χ4v) is 3.40. The third-order valence-corrected chi connectivity index (χ3v) is 4.20. The Labute approximate surface area is 106 Å². The van der Waals surface area contributed by atoms with Gasteiger partial charge in [0, 0.05) is 28.5 Å². The zero-order valence-corrected chi connectivity index (χ0v) is 10.3. The van der Waals surface area contributed by atoms with E-state index in [-0.39, 0.29) is 0 Å². The summed E-state index contributed by atoms with van der Waals surface area (Å²) in [6.45, 7) is 0. The quantitative estimate of drug-likeness (QED) is 0.615. The SMILES string of the molecule is c1ccc2c(c1)c1ccncc1n2C1CCCC1. The first-order chi connectivity index (χ1) is 8.95. The van der Waals surface area contributed by atoms with Crippen LogP contribution in [0.2, 0.25) is 0 Å². The molecule has 4 rings (SSSR count). The van der Waals surface area contributed by atoms with E-state index in [1.54, 1.807) is 0 Å². The fraction of sp³-hybridized carbons (Fsp3) is 0.312. The molecule has 2 heterocycles. The second-order valence-electron chi connectivity index (χ2n) is 5.22. The average molecular weight is 236 g/mol. The van der Waals surface area contributed by atoms with E-state index in [0.717, 1.165) is 0 Å². The van der Waals surface area contributed by atoms with Crippen molar-refractivity contribution in [3.05, 3.63) is 42.7 Å². The lowest BCUT2D eigenvalue weighted by Crippen LogP contribution is -2.03. The number of para-hydroxylation sites is 1. The molecule has 3 aromatic rings. The smallest absolute Gasteiger partial charge is 0.0680 e. The normalized spacial score (nSPS) is 16.9. The van der Waals surface area contributed by atoms with Crippen molar-refractivity contribution >= 4 is 21.8 Å². The molecule has 0 aliphatic heterocycles. The zero-order valence-electron chi connectivity index (χ0n) is 10.3. The van der Waals surface area contributed by atoms with Crippen LogP contribution in [-0.4, -0.2) is 9.55 Å². The topological polar surface area (TPSA) is 17.8 Å². The average Bonchev–Trinajstić information content (AvgIpc) is 3.03. The molecule has 0 radical (unpaired) electrons. The predicted molar refractivity (Wildman–Crippen MR) is 74.7 cm³/mol. The summed E-state index contributed by atoms with van der Waals surface area (Å²) in [5, 5.41) is 2.70. The molecule has 0 spiro atoms. The van der Waals surface area contributed by atoms with Crippen molar-refractivity contribution in [2.45, 2.75) is 31.7 Å². The maximum atomic E-state index is 4.32. The highest BCUT2D eigenvalue weighted by Gasteiger charge is 2.21. The third-order valence-electron chi connectivity index (χ3n) is 4.20. The first kappa shape index (κ1) is 10.1. The van der Waals surface area contributed by atoms with Gasteiger partial charge >= 0.3 is 0 Å². The van der Waals surface area contributed by atoms with Crippen LogP contribution in [0.4, 0.5) is 0 Å². The Kier molecular flexibility index (Phi) is 2.16. The van der Waals surface area contributed by atoms with Gasteiger partial charge in [-0.05, 0) is 25.0 Å². The van der Waals surface area contributed by atoms with E-state index in [9.17, 15) is 0 Å². The number of rotatable bonds is 1. The van der Waals surface area contributed by atoms with E-state index in [2.05, 4.69) is 39.9 Å². The van der Waals surface area contributed by atoms with Gasteiger partial charge in [0.25, 0.3) is 0 Å². The van der Waals surface area contributed by atoms with Crippen LogP contribution >= 0.6 is 0 Å². The first-order valence-electron chi connectivity index (χ1n) is 6.78. The lowest BCUT2D eigenvalue weighted by Gasteiger charge is -2.14. The first-order valence-corrected chi connectivity index (χ1v) is 6.78. The minimum atomic E-state index is 0.664. The maximum Gasteiger partial charge on any atom is 0.0680 e. The molecule has 0 atom stereocenters. The number of pyridine rings is 1. The highest BCUT2D eigenvalue weighted by atomic mass is 15.0. The predicted octanol–water partition coefficient (Wildman–Crippen LogP) is 4.30. The van der Waals surface area contributed by atoms with Crippen LogP contribution in [0.5, 0.6) is 0 Å². The summed E-state index contributed by atoms with van der Waals surface area (Å²) in [6.07, 6.45) is 9.25.